The number of hydrogen-bond acceptors (Lipinski definition) is 5. The normalized spacial score (nSPS) is 32.3. The second-order valence-electron chi connectivity index (χ2n) is 10.6. The summed E-state index contributed by atoms with van der Waals surface area (Å²) in [6, 6.07) is 7.43. The number of nitrogens with zero attached hydrogens (tertiary/aromatic N) is 1. The molecular weight excluding hydrogens is 442 g/mol. The zero-order valence-electron chi connectivity index (χ0n) is 21.1. The molecule has 6 heteroatoms. The number of esters is 1. The van der Waals surface area contributed by atoms with E-state index in [9.17, 15) is 19.2 Å². The lowest BCUT2D eigenvalue weighted by Crippen LogP contribution is -2.55. The standard InChI is InChI=1S/C29H33NO5/c1-7-11-18-19-15-17(16-31)20(12-8-2)29(21-13-9-10-14-22(21)30(6)27(29)34)24(19)25(32)23(18)26(33)35-28(3,4)5/h7-16,18-20,23-24H,1-6H3/b11-7-,12-8-/t18-,19-,20-,23+,24+,29-/m1/s1. The van der Waals surface area contributed by atoms with Crippen LogP contribution in [0.5, 0.6) is 0 Å². The smallest absolute Gasteiger partial charge is 0.317 e. The molecule has 6 nitrogen and oxygen atoms in total. The maximum atomic E-state index is 14.3. The number of carbonyl (C=O) groups is 4. The van der Waals surface area contributed by atoms with E-state index in [1.807, 2.05) is 68.5 Å². The molecule has 2 aliphatic carbocycles. The summed E-state index contributed by atoms with van der Waals surface area (Å²) in [7, 11) is 1.70. The first-order valence-electron chi connectivity index (χ1n) is 12.1. The Labute approximate surface area is 206 Å². The van der Waals surface area contributed by atoms with Crippen LogP contribution in [0.4, 0.5) is 5.69 Å². The van der Waals surface area contributed by atoms with Crippen LogP contribution >= 0.6 is 0 Å². The van der Waals surface area contributed by atoms with Crippen molar-refractivity contribution in [1.82, 2.24) is 0 Å². The molecular formula is C29H33NO5. The Morgan fingerprint density at radius 3 is 2.34 bits per heavy atom. The van der Waals surface area contributed by atoms with Gasteiger partial charge in [-0.05, 0) is 57.7 Å². The molecule has 1 aliphatic heterocycles. The predicted octanol–water partition coefficient (Wildman–Crippen LogP) is 4.20. The first-order chi connectivity index (χ1) is 16.5. The van der Waals surface area contributed by atoms with Gasteiger partial charge in [0.05, 0.1) is 5.41 Å². The van der Waals surface area contributed by atoms with Crippen LogP contribution in [0.3, 0.4) is 0 Å². The molecule has 3 aliphatic rings. The fraction of sp³-hybridized carbons (Fsp3) is 0.448. The quantitative estimate of drug-likeness (QED) is 0.282. The molecule has 1 amide bonds. The summed E-state index contributed by atoms with van der Waals surface area (Å²) in [4.78, 5) is 55.8. The summed E-state index contributed by atoms with van der Waals surface area (Å²) in [6.07, 6.45) is 9.90. The fourth-order valence-corrected chi connectivity index (χ4v) is 6.42. The Balaban J connectivity index is 2.02. The minimum Gasteiger partial charge on any atom is -0.459 e. The Kier molecular flexibility index (Phi) is 6.20. The number of para-hydroxylation sites is 1. The van der Waals surface area contributed by atoms with Crippen molar-refractivity contribution in [1.29, 1.82) is 0 Å². The SMILES string of the molecule is C/C=C\[C@H]1[C@H](C(=O)OC(C)(C)C)C(=O)[C@@H]2[C@@H]1C=C(C=O)[C@@H](/C=C\C)[C@]21C(=O)N(C)c2ccccc21. The second-order valence-corrected chi connectivity index (χ2v) is 10.6. The van der Waals surface area contributed by atoms with Crippen LogP contribution in [0, 0.1) is 29.6 Å². The molecule has 6 atom stereocenters. The van der Waals surface area contributed by atoms with Gasteiger partial charge in [0.15, 0.2) is 5.78 Å². The summed E-state index contributed by atoms with van der Waals surface area (Å²) in [5, 5.41) is 0. The van der Waals surface area contributed by atoms with Crippen LogP contribution in [0.25, 0.3) is 0 Å². The molecule has 0 unspecified atom stereocenters. The minimum absolute atomic E-state index is 0.235. The summed E-state index contributed by atoms with van der Waals surface area (Å²) in [5.74, 6) is -4.65. The molecule has 0 N–H and O–H groups in total. The van der Waals surface area contributed by atoms with Crippen molar-refractivity contribution in [3.8, 4) is 0 Å². The molecule has 1 spiro atoms. The third kappa shape index (κ3) is 3.53. The molecule has 0 radical (unpaired) electrons. The summed E-state index contributed by atoms with van der Waals surface area (Å²) < 4.78 is 5.68. The van der Waals surface area contributed by atoms with Crippen LogP contribution < -0.4 is 4.90 Å². The van der Waals surface area contributed by atoms with Gasteiger partial charge in [-0.25, -0.2) is 0 Å². The van der Waals surface area contributed by atoms with E-state index in [0.717, 1.165) is 11.8 Å². The number of fused-ring (bicyclic) bond motifs is 4. The van der Waals surface area contributed by atoms with Gasteiger partial charge in [-0.1, -0.05) is 48.6 Å². The van der Waals surface area contributed by atoms with Crippen molar-refractivity contribution in [2.45, 2.75) is 45.6 Å². The van der Waals surface area contributed by atoms with E-state index < -0.39 is 46.6 Å². The van der Waals surface area contributed by atoms with E-state index in [2.05, 4.69) is 0 Å². The second kappa shape index (κ2) is 8.74. The highest BCUT2D eigenvalue weighted by Gasteiger charge is 2.69. The Morgan fingerprint density at radius 2 is 1.74 bits per heavy atom. The average Bonchev–Trinajstić information content (AvgIpc) is 3.19. The predicted molar refractivity (Wildman–Crippen MR) is 134 cm³/mol. The lowest BCUT2D eigenvalue weighted by atomic mass is 9.54. The number of Topliss-reactive ketones (excluding diaryl/α,β-unsaturated/α-hetero) is 1. The fourth-order valence-electron chi connectivity index (χ4n) is 6.42. The molecule has 0 bridgehead atoms. The highest BCUT2D eigenvalue weighted by molar-refractivity contribution is 6.15. The third-order valence-corrected chi connectivity index (χ3v) is 7.52. The van der Waals surface area contributed by atoms with Crippen LogP contribution in [0.15, 0.2) is 60.2 Å². The van der Waals surface area contributed by atoms with Crippen molar-refractivity contribution >= 4 is 29.6 Å². The third-order valence-electron chi connectivity index (χ3n) is 7.52. The van der Waals surface area contributed by atoms with Crippen LogP contribution in [0.1, 0.15) is 40.2 Å². The first-order valence-corrected chi connectivity index (χ1v) is 12.1. The van der Waals surface area contributed by atoms with Crippen molar-refractivity contribution in [3.63, 3.8) is 0 Å². The molecule has 4 rings (SSSR count). The lowest BCUT2D eigenvalue weighted by molar-refractivity contribution is -0.163. The summed E-state index contributed by atoms with van der Waals surface area (Å²) >= 11 is 0. The Bertz CT molecular complexity index is 1170. The minimum atomic E-state index is -1.32. The number of ketones is 1. The molecule has 1 heterocycles. The van der Waals surface area contributed by atoms with Gasteiger partial charge in [0.1, 0.15) is 17.8 Å². The monoisotopic (exact) mass is 475 g/mol. The van der Waals surface area contributed by atoms with Gasteiger partial charge in [0, 0.05) is 30.5 Å². The molecule has 35 heavy (non-hydrogen) atoms. The van der Waals surface area contributed by atoms with Crippen LogP contribution in [0.2, 0.25) is 0 Å². The number of benzene rings is 1. The van der Waals surface area contributed by atoms with Gasteiger partial charge in [-0.15, -0.1) is 0 Å². The summed E-state index contributed by atoms with van der Waals surface area (Å²) in [5.41, 5.74) is -0.197. The van der Waals surface area contributed by atoms with Crippen molar-refractivity contribution in [3.05, 3.63) is 65.8 Å². The number of allylic oxidation sites excluding steroid dienone is 6. The van der Waals surface area contributed by atoms with Gasteiger partial charge in [0.2, 0.25) is 5.91 Å². The molecule has 1 aromatic rings. The highest BCUT2D eigenvalue weighted by Crippen LogP contribution is 2.62. The molecule has 0 saturated heterocycles. The van der Waals surface area contributed by atoms with Crippen molar-refractivity contribution in [2.24, 2.45) is 29.6 Å². The largest absolute Gasteiger partial charge is 0.459 e. The number of amides is 1. The average molecular weight is 476 g/mol. The summed E-state index contributed by atoms with van der Waals surface area (Å²) in [6.45, 7) is 8.96. The van der Waals surface area contributed by atoms with Crippen LogP contribution in [-0.2, 0) is 29.3 Å². The topological polar surface area (TPSA) is 80.8 Å². The van der Waals surface area contributed by atoms with Gasteiger partial charge in [-0.3, -0.25) is 19.2 Å². The van der Waals surface area contributed by atoms with Crippen molar-refractivity contribution in [2.75, 3.05) is 11.9 Å². The highest BCUT2D eigenvalue weighted by atomic mass is 16.6. The molecule has 184 valence electrons. The van der Waals surface area contributed by atoms with E-state index in [1.165, 1.54) is 0 Å². The first kappa shape index (κ1) is 24.8. The van der Waals surface area contributed by atoms with E-state index in [4.69, 9.17) is 4.74 Å². The number of hydrogen-bond donors (Lipinski definition) is 0. The molecule has 0 aromatic heterocycles. The molecule has 1 fully saturated rings. The number of carbonyl (C=O) groups excluding carboxylic acids is 4. The number of rotatable bonds is 4. The Hall–Kier alpha value is -3.28. The van der Waals surface area contributed by atoms with E-state index >= 15 is 0 Å². The number of anilines is 1. The van der Waals surface area contributed by atoms with E-state index in [1.54, 1.807) is 32.7 Å². The van der Waals surface area contributed by atoms with Gasteiger partial charge >= 0.3 is 5.97 Å². The number of likely N-dealkylation sites (N-methyl/N-ethyl adjacent to an activating group) is 1. The number of aldehydes is 1. The maximum absolute atomic E-state index is 14.3. The molecule has 1 saturated carbocycles. The van der Waals surface area contributed by atoms with E-state index in [-0.39, 0.29) is 11.7 Å². The zero-order chi connectivity index (χ0) is 25.7. The molecule has 1 aromatic carbocycles. The maximum Gasteiger partial charge on any atom is 0.317 e. The van der Waals surface area contributed by atoms with E-state index in [0.29, 0.717) is 11.3 Å². The van der Waals surface area contributed by atoms with Gasteiger partial charge in [0.25, 0.3) is 0 Å². The van der Waals surface area contributed by atoms with Gasteiger partial charge < -0.3 is 9.64 Å². The lowest BCUT2D eigenvalue weighted by Gasteiger charge is -2.45. The van der Waals surface area contributed by atoms with Crippen LogP contribution in [-0.4, -0.2) is 36.6 Å². The zero-order valence-corrected chi connectivity index (χ0v) is 21.1. The number of ether oxygens (including phenoxy) is 1. The van der Waals surface area contributed by atoms with Crippen molar-refractivity contribution < 1.29 is 23.9 Å². The Morgan fingerprint density at radius 1 is 1.09 bits per heavy atom. The van der Waals surface area contributed by atoms with Gasteiger partial charge in [-0.2, -0.15) is 0 Å².